The third-order valence-electron chi connectivity index (χ3n) is 3.72. The number of rotatable bonds is 4. The fourth-order valence-corrected chi connectivity index (χ4v) is 2.27. The number of carboxylic acid groups (broad SMARTS) is 1. The van der Waals surface area contributed by atoms with Crippen LogP contribution in [0, 0.1) is 0 Å². The summed E-state index contributed by atoms with van der Waals surface area (Å²) in [6, 6.07) is 23.2. The first-order valence-corrected chi connectivity index (χ1v) is 8.07. The van der Waals surface area contributed by atoms with E-state index in [4.69, 9.17) is 21.1 Å². The quantitative estimate of drug-likeness (QED) is 0.539. The number of aromatic hydroxyl groups is 2. The molecule has 0 aromatic heterocycles. The van der Waals surface area contributed by atoms with Crippen LogP contribution in [0.1, 0.15) is 5.56 Å². The number of para-hydroxylation sites is 2. The third kappa shape index (κ3) is 5.65. The zero-order valence-corrected chi connectivity index (χ0v) is 14.1. The molecule has 0 radical (unpaired) electrons. The summed E-state index contributed by atoms with van der Waals surface area (Å²) in [6.07, 6.45) is 0.352. The molecule has 0 amide bonds. The van der Waals surface area contributed by atoms with Crippen LogP contribution in [0.15, 0.2) is 78.9 Å². The number of hydrogen-bond acceptors (Lipinski definition) is 4. The maximum Gasteiger partial charge on any atom is 0.320 e. The van der Waals surface area contributed by atoms with Crippen LogP contribution in [-0.2, 0) is 11.2 Å². The van der Waals surface area contributed by atoms with E-state index in [2.05, 4.69) is 0 Å². The molecule has 0 aliphatic carbocycles. The van der Waals surface area contributed by atoms with Gasteiger partial charge >= 0.3 is 5.97 Å². The van der Waals surface area contributed by atoms with E-state index in [1.165, 1.54) is 12.1 Å². The molecule has 26 heavy (non-hydrogen) atoms. The molecule has 1 unspecified atom stereocenters. The van der Waals surface area contributed by atoms with Gasteiger partial charge in [0.25, 0.3) is 0 Å². The molecule has 3 rings (SSSR count). The Bertz CT molecular complexity index is 811. The highest BCUT2D eigenvalue weighted by Crippen LogP contribution is 2.21. The molecule has 0 saturated heterocycles. The molecule has 3 aromatic carbocycles. The summed E-state index contributed by atoms with van der Waals surface area (Å²) in [4.78, 5) is 10.7. The Labute approximate surface area is 152 Å². The van der Waals surface area contributed by atoms with E-state index in [0.29, 0.717) is 6.42 Å². The van der Waals surface area contributed by atoms with Crippen LogP contribution < -0.4 is 5.73 Å². The van der Waals surface area contributed by atoms with E-state index in [0.717, 1.165) is 16.7 Å². The molecule has 0 aliphatic heterocycles. The summed E-state index contributed by atoms with van der Waals surface area (Å²) < 4.78 is 0. The molecule has 5 nitrogen and oxygen atoms in total. The highest BCUT2D eigenvalue weighted by molar-refractivity contribution is 5.73. The number of aliphatic carboxylic acids is 1. The van der Waals surface area contributed by atoms with E-state index in [1.54, 1.807) is 12.1 Å². The van der Waals surface area contributed by atoms with Crippen molar-refractivity contribution in [2.45, 2.75) is 12.5 Å². The lowest BCUT2D eigenvalue weighted by molar-refractivity contribution is -0.138. The van der Waals surface area contributed by atoms with Crippen LogP contribution in [0.2, 0.25) is 0 Å². The van der Waals surface area contributed by atoms with E-state index in [9.17, 15) is 4.79 Å². The van der Waals surface area contributed by atoms with Crippen LogP contribution in [-0.4, -0.2) is 27.3 Å². The number of nitrogens with two attached hydrogens (primary N) is 1. The van der Waals surface area contributed by atoms with Gasteiger partial charge in [0, 0.05) is 0 Å². The van der Waals surface area contributed by atoms with Gasteiger partial charge in [0.2, 0.25) is 0 Å². The van der Waals surface area contributed by atoms with E-state index >= 15 is 0 Å². The molecule has 134 valence electrons. The van der Waals surface area contributed by atoms with Crippen molar-refractivity contribution in [1.82, 2.24) is 0 Å². The fourth-order valence-electron chi connectivity index (χ4n) is 2.27. The number of benzene rings is 3. The first-order valence-electron chi connectivity index (χ1n) is 8.07. The number of phenols is 2. The lowest BCUT2D eigenvalue weighted by atomic mass is 10.0. The minimum absolute atomic E-state index is 0.0764. The summed E-state index contributed by atoms with van der Waals surface area (Å²) in [6.45, 7) is 0. The third-order valence-corrected chi connectivity index (χ3v) is 3.72. The van der Waals surface area contributed by atoms with Gasteiger partial charge < -0.3 is 21.1 Å². The Morgan fingerprint density at radius 3 is 1.69 bits per heavy atom. The topological polar surface area (TPSA) is 104 Å². The van der Waals surface area contributed by atoms with E-state index in [-0.39, 0.29) is 11.5 Å². The maximum atomic E-state index is 10.7. The molecule has 5 N–H and O–H groups in total. The van der Waals surface area contributed by atoms with Crippen LogP contribution in [0.5, 0.6) is 11.5 Å². The van der Waals surface area contributed by atoms with Gasteiger partial charge in [-0.15, -0.1) is 0 Å². The predicted octanol–water partition coefficient (Wildman–Crippen LogP) is 3.41. The van der Waals surface area contributed by atoms with Crippen molar-refractivity contribution in [3.8, 4) is 22.6 Å². The molecule has 5 heteroatoms. The van der Waals surface area contributed by atoms with Crippen molar-refractivity contribution in [2.75, 3.05) is 0 Å². The number of hydrogen-bond donors (Lipinski definition) is 4. The lowest BCUT2D eigenvalue weighted by Gasteiger charge is -2.07. The molecule has 0 aliphatic rings. The number of carbonyl (C=O) groups is 1. The highest BCUT2D eigenvalue weighted by atomic mass is 16.4. The van der Waals surface area contributed by atoms with Crippen LogP contribution in [0.25, 0.3) is 11.1 Å². The van der Waals surface area contributed by atoms with Crippen molar-refractivity contribution in [2.24, 2.45) is 5.73 Å². The van der Waals surface area contributed by atoms with Crippen LogP contribution >= 0.6 is 0 Å². The van der Waals surface area contributed by atoms with Gasteiger partial charge in [0.05, 0.1) is 0 Å². The van der Waals surface area contributed by atoms with E-state index in [1.807, 2.05) is 54.6 Å². The summed E-state index contributed by atoms with van der Waals surface area (Å²) in [5.74, 6) is -1.12. The Morgan fingerprint density at radius 1 is 0.769 bits per heavy atom. The lowest BCUT2D eigenvalue weighted by Crippen LogP contribution is -2.32. The van der Waals surface area contributed by atoms with Gasteiger partial charge in [0.1, 0.15) is 6.04 Å². The van der Waals surface area contributed by atoms with Gasteiger partial charge in [-0.05, 0) is 35.2 Å². The van der Waals surface area contributed by atoms with Gasteiger partial charge in [-0.1, -0.05) is 66.7 Å². The first-order chi connectivity index (χ1) is 12.5. The Hall–Kier alpha value is -3.31. The van der Waals surface area contributed by atoms with Crippen molar-refractivity contribution in [1.29, 1.82) is 0 Å². The minimum Gasteiger partial charge on any atom is -0.504 e. The molecular weight excluding hydrogens is 330 g/mol. The van der Waals surface area contributed by atoms with Crippen molar-refractivity contribution in [3.05, 3.63) is 84.4 Å². The largest absolute Gasteiger partial charge is 0.504 e. The molecule has 0 bridgehead atoms. The van der Waals surface area contributed by atoms with Gasteiger partial charge in [0.15, 0.2) is 11.5 Å². The molecule has 0 spiro atoms. The molecule has 0 fully saturated rings. The van der Waals surface area contributed by atoms with Crippen LogP contribution in [0.4, 0.5) is 0 Å². The second kappa shape index (κ2) is 9.25. The SMILES string of the molecule is NC(Cc1ccc(-c2ccccc2)cc1)C(=O)O.Oc1ccccc1O. The molecule has 1 atom stereocenters. The monoisotopic (exact) mass is 351 g/mol. The highest BCUT2D eigenvalue weighted by Gasteiger charge is 2.11. The second-order valence-corrected chi connectivity index (χ2v) is 5.70. The van der Waals surface area contributed by atoms with Gasteiger partial charge in [-0.3, -0.25) is 4.79 Å². The summed E-state index contributed by atoms with van der Waals surface area (Å²) in [5, 5.41) is 26.1. The fraction of sp³-hybridized carbons (Fsp3) is 0.0952. The van der Waals surface area contributed by atoms with Crippen molar-refractivity contribution >= 4 is 5.97 Å². The minimum atomic E-state index is -0.970. The summed E-state index contributed by atoms with van der Waals surface area (Å²) >= 11 is 0. The Kier molecular flexibility index (Phi) is 6.76. The van der Waals surface area contributed by atoms with Crippen molar-refractivity contribution < 1.29 is 20.1 Å². The average Bonchev–Trinajstić information content (AvgIpc) is 2.66. The first kappa shape index (κ1) is 19.0. The van der Waals surface area contributed by atoms with Crippen molar-refractivity contribution in [3.63, 3.8) is 0 Å². The molecular formula is C21H21NO4. The molecule has 3 aromatic rings. The number of phenolic OH excluding ortho intramolecular Hbond substituents is 2. The standard InChI is InChI=1S/C15H15NO2.C6H6O2/c16-14(15(17)18)10-11-6-8-13(9-7-11)12-4-2-1-3-5-12;7-5-3-1-2-4-6(5)8/h1-9,14H,10,16H2,(H,17,18);1-4,7-8H. The predicted molar refractivity (Wildman–Crippen MR) is 101 cm³/mol. The Morgan fingerprint density at radius 2 is 1.23 bits per heavy atom. The van der Waals surface area contributed by atoms with E-state index < -0.39 is 12.0 Å². The number of carboxylic acids is 1. The molecule has 0 saturated carbocycles. The van der Waals surface area contributed by atoms with Gasteiger partial charge in [-0.25, -0.2) is 0 Å². The average molecular weight is 351 g/mol. The van der Waals surface area contributed by atoms with Gasteiger partial charge in [-0.2, -0.15) is 0 Å². The smallest absolute Gasteiger partial charge is 0.320 e. The summed E-state index contributed by atoms with van der Waals surface area (Å²) in [7, 11) is 0. The summed E-state index contributed by atoms with van der Waals surface area (Å²) in [5.41, 5.74) is 8.69. The zero-order chi connectivity index (χ0) is 18.9. The normalized spacial score (nSPS) is 11.1. The molecule has 0 heterocycles. The Balaban J connectivity index is 0.000000254. The maximum absolute atomic E-state index is 10.7. The van der Waals surface area contributed by atoms with Crippen LogP contribution in [0.3, 0.4) is 0 Å². The zero-order valence-electron chi connectivity index (χ0n) is 14.1. The second-order valence-electron chi connectivity index (χ2n) is 5.70.